The minimum atomic E-state index is -0.0633. The molecule has 1 amide bonds. The first-order valence-electron chi connectivity index (χ1n) is 10.1. The summed E-state index contributed by atoms with van der Waals surface area (Å²) in [6.45, 7) is 5.91. The lowest BCUT2D eigenvalue weighted by molar-refractivity contribution is -0.113. The van der Waals surface area contributed by atoms with Crippen molar-refractivity contribution in [1.82, 2.24) is 19.7 Å². The highest BCUT2D eigenvalue weighted by Crippen LogP contribution is 2.24. The van der Waals surface area contributed by atoms with Gasteiger partial charge in [0.2, 0.25) is 5.91 Å². The average molecular weight is 549 g/mol. The fourth-order valence-electron chi connectivity index (χ4n) is 3.38. The van der Waals surface area contributed by atoms with E-state index in [0.717, 1.165) is 52.6 Å². The lowest BCUT2D eigenvalue weighted by Gasteiger charge is -2.26. The van der Waals surface area contributed by atoms with Gasteiger partial charge in [-0.05, 0) is 65.4 Å². The molecule has 4 rings (SSSR count). The Kier molecular flexibility index (Phi) is 7.59. The molecule has 0 atom stereocenters. The Balaban J connectivity index is 1.48. The molecule has 0 unspecified atom stereocenters. The van der Waals surface area contributed by atoms with Crippen LogP contribution < -0.4 is 5.32 Å². The van der Waals surface area contributed by atoms with E-state index in [4.69, 9.17) is 4.74 Å². The number of carbonyl (C=O) groups is 1. The van der Waals surface area contributed by atoms with Crippen molar-refractivity contribution in [3.05, 3.63) is 63.5 Å². The van der Waals surface area contributed by atoms with Gasteiger partial charge >= 0.3 is 0 Å². The van der Waals surface area contributed by atoms with Crippen molar-refractivity contribution >= 4 is 45.9 Å². The molecule has 1 fully saturated rings. The zero-order valence-electron chi connectivity index (χ0n) is 17.3. The van der Waals surface area contributed by atoms with E-state index in [0.29, 0.717) is 11.7 Å². The fraction of sp³-hybridized carbons (Fsp3) is 0.318. The van der Waals surface area contributed by atoms with Gasteiger partial charge in [0.1, 0.15) is 0 Å². The van der Waals surface area contributed by atoms with Gasteiger partial charge in [-0.3, -0.25) is 14.3 Å². The van der Waals surface area contributed by atoms with E-state index in [1.165, 1.54) is 11.8 Å². The highest BCUT2D eigenvalue weighted by Gasteiger charge is 2.19. The van der Waals surface area contributed by atoms with Crippen LogP contribution in [-0.4, -0.2) is 57.6 Å². The summed E-state index contributed by atoms with van der Waals surface area (Å²) < 4.78 is 8.64. The quantitative estimate of drug-likeness (QED) is 0.358. The third kappa shape index (κ3) is 5.85. The molecule has 0 spiro atoms. The van der Waals surface area contributed by atoms with Crippen LogP contribution in [0, 0.1) is 10.5 Å². The van der Waals surface area contributed by atoms with Crippen molar-refractivity contribution in [2.45, 2.75) is 18.6 Å². The van der Waals surface area contributed by atoms with Crippen LogP contribution in [0.1, 0.15) is 11.4 Å². The Labute approximate surface area is 199 Å². The summed E-state index contributed by atoms with van der Waals surface area (Å²) >= 11 is 3.66. The summed E-state index contributed by atoms with van der Waals surface area (Å²) in [5, 5.41) is 12.6. The van der Waals surface area contributed by atoms with E-state index in [1.54, 1.807) is 0 Å². The number of nitrogens with zero attached hydrogens (tertiary/aromatic N) is 4. The molecule has 1 aromatic heterocycles. The maximum atomic E-state index is 12.6. The molecule has 1 N–H and O–H groups in total. The molecule has 9 heteroatoms. The number of rotatable bonds is 7. The number of hydrogen-bond donors (Lipinski definition) is 1. The minimum Gasteiger partial charge on any atom is -0.379 e. The zero-order valence-corrected chi connectivity index (χ0v) is 20.2. The maximum Gasteiger partial charge on any atom is 0.234 e. The van der Waals surface area contributed by atoms with Gasteiger partial charge in [-0.1, -0.05) is 30.0 Å². The first kappa shape index (κ1) is 22.3. The van der Waals surface area contributed by atoms with Crippen molar-refractivity contribution in [1.29, 1.82) is 0 Å². The summed E-state index contributed by atoms with van der Waals surface area (Å²) in [4.78, 5) is 14.9. The SMILES string of the molecule is Cc1cc(I)ccc1NC(=O)CSc1nnc(CN2CCOCC2)n1-c1ccccc1. The number of nitrogens with one attached hydrogen (secondary N) is 1. The number of para-hydroxylation sites is 1. The Bertz CT molecular complexity index is 1040. The predicted molar refractivity (Wildman–Crippen MR) is 131 cm³/mol. The molecule has 3 aromatic rings. The largest absolute Gasteiger partial charge is 0.379 e. The molecule has 0 aliphatic carbocycles. The predicted octanol–water partition coefficient (Wildman–Crippen LogP) is 3.74. The molecular weight excluding hydrogens is 525 g/mol. The van der Waals surface area contributed by atoms with Crippen LogP contribution in [0.2, 0.25) is 0 Å². The number of aryl methyl sites for hydroxylation is 1. The Hall–Kier alpha value is -1.95. The Morgan fingerprint density at radius 1 is 1.16 bits per heavy atom. The van der Waals surface area contributed by atoms with Gasteiger partial charge < -0.3 is 10.1 Å². The average Bonchev–Trinajstić information content (AvgIpc) is 3.18. The van der Waals surface area contributed by atoms with Crippen LogP contribution in [0.4, 0.5) is 5.69 Å². The lowest BCUT2D eigenvalue weighted by Crippen LogP contribution is -2.36. The summed E-state index contributed by atoms with van der Waals surface area (Å²) in [6.07, 6.45) is 0. The van der Waals surface area contributed by atoms with Gasteiger partial charge in [0.25, 0.3) is 0 Å². The number of benzene rings is 2. The third-order valence-electron chi connectivity index (χ3n) is 4.98. The van der Waals surface area contributed by atoms with Crippen LogP contribution >= 0.6 is 34.4 Å². The molecule has 0 radical (unpaired) electrons. The number of ether oxygens (including phenoxy) is 1. The lowest BCUT2D eigenvalue weighted by atomic mass is 10.2. The molecular formula is C22H24IN5O2S. The summed E-state index contributed by atoms with van der Waals surface area (Å²) in [5.41, 5.74) is 2.88. The monoisotopic (exact) mass is 549 g/mol. The van der Waals surface area contributed by atoms with E-state index in [-0.39, 0.29) is 11.7 Å². The first-order chi connectivity index (χ1) is 15.1. The van der Waals surface area contributed by atoms with E-state index in [2.05, 4.69) is 43.0 Å². The molecule has 2 aromatic carbocycles. The fourth-order valence-corrected chi connectivity index (χ4v) is 4.79. The molecule has 1 saturated heterocycles. The van der Waals surface area contributed by atoms with Gasteiger partial charge in [0.05, 0.1) is 25.5 Å². The highest BCUT2D eigenvalue weighted by molar-refractivity contribution is 14.1. The molecule has 7 nitrogen and oxygen atoms in total. The molecule has 162 valence electrons. The summed E-state index contributed by atoms with van der Waals surface area (Å²) in [6, 6.07) is 16.0. The van der Waals surface area contributed by atoms with Crippen LogP contribution in [0.15, 0.2) is 53.7 Å². The Morgan fingerprint density at radius 3 is 2.68 bits per heavy atom. The molecule has 2 heterocycles. The zero-order chi connectivity index (χ0) is 21.6. The highest BCUT2D eigenvalue weighted by atomic mass is 127. The molecule has 1 aliphatic heterocycles. The van der Waals surface area contributed by atoms with E-state index < -0.39 is 0 Å². The summed E-state index contributed by atoms with van der Waals surface area (Å²) in [5.74, 6) is 1.06. The summed E-state index contributed by atoms with van der Waals surface area (Å²) in [7, 11) is 0. The van der Waals surface area contributed by atoms with Gasteiger partial charge in [0.15, 0.2) is 11.0 Å². The number of carbonyl (C=O) groups excluding carboxylic acids is 1. The van der Waals surface area contributed by atoms with E-state index >= 15 is 0 Å². The topological polar surface area (TPSA) is 72.3 Å². The number of halogens is 1. The van der Waals surface area contributed by atoms with Crippen molar-refractivity contribution in [3.8, 4) is 5.69 Å². The van der Waals surface area contributed by atoms with Crippen molar-refractivity contribution in [2.24, 2.45) is 0 Å². The van der Waals surface area contributed by atoms with Crippen molar-refractivity contribution in [3.63, 3.8) is 0 Å². The smallest absolute Gasteiger partial charge is 0.234 e. The second-order valence-corrected chi connectivity index (χ2v) is 9.44. The number of hydrogen-bond acceptors (Lipinski definition) is 6. The number of aromatic nitrogens is 3. The normalized spacial score (nSPS) is 14.5. The van der Waals surface area contributed by atoms with Crippen molar-refractivity contribution in [2.75, 3.05) is 37.4 Å². The number of amides is 1. The van der Waals surface area contributed by atoms with Crippen LogP contribution in [0.25, 0.3) is 5.69 Å². The van der Waals surface area contributed by atoms with Crippen LogP contribution in [0.3, 0.4) is 0 Å². The second kappa shape index (κ2) is 10.6. The molecule has 0 saturated carbocycles. The first-order valence-corrected chi connectivity index (χ1v) is 12.2. The standard InChI is InChI=1S/C22H24IN5O2S/c1-16-13-17(23)7-8-19(16)24-21(29)15-31-22-26-25-20(14-27-9-11-30-12-10-27)28(22)18-5-3-2-4-6-18/h2-8,13H,9-12,14-15H2,1H3,(H,24,29). The van der Waals surface area contributed by atoms with E-state index in [1.807, 2.05) is 60.0 Å². The maximum absolute atomic E-state index is 12.6. The molecule has 0 bridgehead atoms. The van der Waals surface area contributed by atoms with Gasteiger partial charge in [0, 0.05) is 28.0 Å². The minimum absolute atomic E-state index is 0.0633. The van der Waals surface area contributed by atoms with Gasteiger partial charge in [-0.15, -0.1) is 10.2 Å². The van der Waals surface area contributed by atoms with Crippen LogP contribution in [-0.2, 0) is 16.1 Å². The van der Waals surface area contributed by atoms with Crippen molar-refractivity contribution < 1.29 is 9.53 Å². The van der Waals surface area contributed by atoms with Gasteiger partial charge in [-0.2, -0.15) is 0 Å². The van der Waals surface area contributed by atoms with E-state index in [9.17, 15) is 4.79 Å². The second-order valence-electron chi connectivity index (χ2n) is 7.25. The van der Waals surface area contributed by atoms with Crippen LogP contribution in [0.5, 0.6) is 0 Å². The number of morpholine rings is 1. The number of thioether (sulfide) groups is 1. The molecule has 1 aliphatic rings. The number of anilines is 1. The van der Waals surface area contributed by atoms with Gasteiger partial charge in [-0.25, -0.2) is 0 Å². The molecule has 31 heavy (non-hydrogen) atoms. The third-order valence-corrected chi connectivity index (χ3v) is 6.58. The Morgan fingerprint density at radius 2 is 1.94 bits per heavy atom.